The van der Waals surface area contributed by atoms with E-state index in [0.29, 0.717) is 6.54 Å². The number of ether oxygens (including phenoxy) is 1. The van der Waals surface area contributed by atoms with Crippen LogP contribution in [0.3, 0.4) is 0 Å². The molecule has 0 bridgehead atoms. The predicted octanol–water partition coefficient (Wildman–Crippen LogP) is 1.31. The van der Waals surface area contributed by atoms with E-state index in [1.165, 1.54) is 0 Å². The molecule has 0 aliphatic carbocycles. The van der Waals surface area contributed by atoms with Crippen molar-refractivity contribution in [2.45, 2.75) is 12.6 Å². The normalized spacial score (nSPS) is 12.2. The van der Waals surface area contributed by atoms with Crippen molar-refractivity contribution in [2.24, 2.45) is 0 Å². The molecule has 22 heavy (non-hydrogen) atoms. The summed E-state index contributed by atoms with van der Waals surface area (Å²) in [5.74, 6) is 0.755. The fraction of sp³-hybridized carbons (Fsp3) is 0.375. The summed E-state index contributed by atoms with van der Waals surface area (Å²) >= 11 is 0. The Morgan fingerprint density at radius 2 is 2.23 bits per heavy atom. The van der Waals surface area contributed by atoms with Gasteiger partial charge in [0.25, 0.3) is 0 Å². The van der Waals surface area contributed by atoms with E-state index in [-0.39, 0.29) is 18.5 Å². The van der Waals surface area contributed by atoms with E-state index in [0.717, 1.165) is 11.3 Å². The summed E-state index contributed by atoms with van der Waals surface area (Å²) in [7, 11) is 5.63. The molecule has 0 unspecified atom stereocenters. The number of nitrogens with one attached hydrogen (secondary N) is 1. The van der Waals surface area contributed by atoms with Crippen molar-refractivity contribution in [3.8, 4) is 5.75 Å². The average Bonchev–Trinajstić information content (AvgIpc) is 3.00. The lowest BCUT2D eigenvalue weighted by Crippen LogP contribution is -2.36. The van der Waals surface area contributed by atoms with E-state index < -0.39 is 0 Å². The monoisotopic (exact) mass is 302 g/mol. The van der Waals surface area contributed by atoms with Crippen molar-refractivity contribution in [3.63, 3.8) is 0 Å². The lowest BCUT2D eigenvalue weighted by atomic mass is 10.1. The van der Waals surface area contributed by atoms with Gasteiger partial charge >= 0.3 is 0 Å². The molecule has 0 saturated carbocycles. The Bertz CT molecular complexity index is 596. The third-order valence-electron chi connectivity index (χ3n) is 3.46. The predicted molar refractivity (Wildman–Crippen MR) is 84.7 cm³/mol. The van der Waals surface area contributed by atoms with Gasteiger partial charge in [-0.15, -0.1) is 0 Å². The SMILES string of the molecule is COc1cccc([C@H](CNC(=O)Cn2cccn2)N(C)C)c1. The molecule has 0 spiro atoms. The number of hydrogen-bond acceptors (Lipinski definition) is 4. The maximum Gasteiger partial charge on any atom is 0.241 e. The van der Waals surface area contributed by atoms with Crippen molar-refractivity contribution in [1.82, 2.24) is 20.0 Å². The van der Waals surface area contributed by atoms with Gasteiger partial charge in [0.05, 0.1) is 13.2 Å². The Kier molecular flexibility index (Phi) is 5.55. The summed E-state index contributed by atoms with van der Waals surface area (Å²) in [6.07, 6.45) is 3.43. The van der Waals surface area contributed by atoms with Crippen molar-refractivity contribution < 1.29 is 9.53 Å². The molecule has 6 heteroatoms. The lowest BCUT2D eigenvalue weighted by molar-refractivity contribution is -0.122. The summed E-state index contributed by atoms with van der Waals surface area (Å²) in [6, 6.07) is 9.77. The molecule has 1 N–H and O–H groups in total. The quantitative estimate of drug-likeness (QED) is 0.838. The van der Waals surface area contributed by atoms with Crippen molar-refractivity contribution in [3.05, 3.63) is 48.3 Å². The third kappa shape index (κ3) is 4.33. The Hall–Kier alpha value is -2.34. The van der Waals surface area contributed by atoms with Gasteiger partial charge in [0.2, 0.25) is 5.91 Å². The van der Waals surface area contributed by atoms with E-state index in [4.69, 9.17) is 4.74 Å². The van der Waals surface area contributed by atoms with Gasteiger partial charge in [-0.2, -0.15) is 5.10 Å². The Morgan fingerprint density at radius 3 is 2.86 bits per heavy atom. The number of methoxy groups -OCH3 is 1. The molecule has 1 heterocycles. The first-order valence-electron chi connectivity index (χ1n) is 7.14. The van der Waals surface area contributed by atoms with Crippen molar-refractivity contribution in [2.75, 3.05) is 27.7 Å². The first kappa shape index (κ1) is 16.0. The number of amides is 1. The molecule has 6 nitrogen and oxygen atoms in total. The third-order valence-corrected chi connectivity index (χ3v) is 3.46. The number of rotatable bonds is 7. The van der Waals surface area contributed by atoms with Gasteiger partial charge in [0.1, 0.15) is 12.3 Å². The Balaban J connectivity index is 1.98. The fourth-order valence-corrected chi connectivity index (χ4v) is 2.25. The summed E-state index contributed by atoms with van der Waals surface area (Å²) in [4.78, 5) is 14.0. The molecular weight excluding hydrogens is 280 g/mol. The fourth-order valence-electron chi connectivity index (χ4n) is 2.25. The molecule has 1 amide bonds. The van der Waals surface area contributed by atoms with Crippen LogP contribution in [0.25, 0.3) is 0 Å². The van der Waals surface area contributed by atoms with Gasteiger partial charge in [-0.1, -0.05) is 12.1 Å². The van der Waals surface area contributed by atoms with Crippen LogP contribution < -0.4 is 10.1 Å². The number of aromatic nitrogens is 2. The van der Waals surface area contributed by atoms with Crippen LogP contribution >= 0.6 is 0 Å². The van der Waals surface area contributed by atoms with E-state index in [1.807, 2.05) is 38.4 Å². The zero-order valence-corrected chi connectivity index (χ0v) is 13.2. The van der Waals surface area contributed by atoms with Crippen molar-refractivity contribution >= 4 is 5.91 Å². The molecule has 1 aromatic heterocycles. The zero-order chi connectivity index (χ0) is 15.9. The van der Waals surface area contributed by atoms with Gasteiger partial charge in [0, 0.05) is 18.9 Å². The standard InChI is InChI=1S/C16H22N4O2/c1-19(2)15(13-6-4-7-14(10-13)22-3)11-17-16(21)12-20-9-5-8-18-20/h4-10,15H,11-12H2,1-3H3,(H,17,21)/t15-/m0/s1. The first-order valence-corrected chi connectivity index (χ1v) is 7.14. The molecule has 2 rings (SSSR count). The summed E-state index contributed by atoms with van der Waals surface area (Å²) in [6.45, 7) is 0.755. The van der Waals surface area contributed by atoms with Gasteiger partial charge in [-0.25, -0.2) is 0 Å². The van der Waals surface area contributed by atoms with Crippen LogP contribution in [-0.4, -0.2) is 48.3 Å². The van der Waals surface area contributed by atoms with Gasteiger partial charge in [-0.05, 0) is 37.9 Å². The molecular formula is C16H22N4O2. The highest BCUT2D eigenvalue weighted by atomic mass is 16.5. The summed E-state index contributed by atoms with van der Waals surface area (Å²) < 4.78 is 6.87. The second kappa shape index (κ2) is 7.61. The van der Waals surface area contributed by atoms with E-state index in [9.17, 15) is 4.79 Å². The number of nitrogens with zero attached hydrogens (tertiary/aromatic N) is 3. The highest BCUT2D eigenvalue weighted by Gasteiger charge is 2.16. The molecule has 0 radical (unpaired) electrons. The topological polar surface area (TPSA) is 59.4 Å². The first-order chi connectivity index (χ1) is 10.6. The minimum absolute atomic E-state index is 0.0570. The number of hydrogen-bond donors (Lipinski definition) is 1. The van der Waals surface area contributed by atoms with E-state index >= 15 is 0 Å². The van der Waals surface area contributed by atoms with Crippen LogP contribution in [0.1, 0.15) is 11.6 Å². The van der Waals surface area contributed by atoms with Gasteiger partial charge in [0.15, 0.2) is 0 Å². The van der Waals surface area contributed by atoms with Gasteiger partial charge < -0.3 is 15.0 Å². The molecule has 2 aromatic rings. The van der Waals surface area contributed by atoms with Crippen LogP contribution in [-0.2, 0) is 11.3 Å². The Labute approximate surface area is 130 Å². The van der Waals surface area contributed by atoms with Crippen LogP contribution in [0, 0.1) is 0 Å². The molecule has 0 aliphatic rings. The van der Waals surface area contributed by atoms with E-state index in [2.05, 4.69) is 15.3 Å². The molecule has 0 aliphatic heterocycles. The molecule has 118 valence electrons. The maximum absolute atomic E-state index is 12.0. The largest absolute Gasteiger partial charge is 0.497 e. The second-order valence-corrected chi connectivity index (χ2v) is 5.26. The Morgan fingerprint density at radius 1 is 1.41 bits per heavy atom. The number of likely N-dealkylation sites (N-methyl/N-ethyl adjacent to an activating group) is 1. The smallest absolute Gasteiger partial charge is 0.241 e. The van der Waals surface area contributed by atoms with Crippen LogP contribution in [0.2, 0.25) is 0 Å². The highest BCUT2D eigenvalue weighted by molar-refractivity contribution is 5.75. The van der Waals surface area contributed by atoms with E-state index in [1.54, 1.807) is 30.3 Å². The van der Waals surface area contributed by atoms with Crippen LogP contribution in [0.15, 0.2) is 42.7 Å². The summed E-state index contributed by atoms with van der Waals surface area (Å²) in [5, 5.41) is 6.98. The minimum Gasteiger partial charge on any atom is -0.497 e. The lowest BCUT2D eigenvalue weighted by Gasteiger charge is -2.25. The average molecular weight is 302 g/mol. The molecule has 0 saturated heterocycles. The highest BCUT2D eigenvalue weighted by Crippen LogP contribution is 2.21. The molecule has 1 aromatic carbocycles. The molecule has 0 fully saturated rings. The number of carbonyl (C=O) groups is 1. The maximum atomic E-state index is 12.0. The summed E-state index contributed by atoms with van der Waals surface area (Å²) in [5.41, 5.74) is 1.10. The van der Waals surface area contributed by atoms with Crippen LogP contribution in [0.5, 0.6) is 5.75 Å². The number of carbonyl (C=O) groups excluding carboxylic acids is 1. The van der Waals surface area contributed by atoms with Crippen molar-refractivity contribution in [1.29, 1.82) is 0 Å². The number of benzene rings is 1. The second-order valence-electron chi connectivity index (χ2n) is 5.26. The molecule has 1 atom stereocenters. The van der Waals surface area contributed by atoms with Crippen LogP contribution in [0.4, 0.5) is 0 Å². The minimum atomic E-state index is -0.0570. The van der Waals surface area contributed by atoms with Gasteiger partial charge in [-0.3, -0.25) is 9.48 Å². The zero-order valence-electron chi connectivity index (χ0n) is 13.2.